The summed E-state index contributed by atoms with van der Waals surface area (Å²) < 4.78 is 32.6. The number of fused-ring (bicyclic) bond motifs is 3. The van der Waals surface area contributed by atoms with E-state index in [9.17, 15) is 9.59 Å². The van der Waals surface area contributed by atoms with Crippen LogP contribution in [-0.2, 0) is 28.4 Å². The van der Waals surface area contributed by atoms with Gasteiger partial charge in [-0.25, -0.2) is 9.59 Å². The summed E-state index contributed by atoms with van der Waals surface area (Å²) in [5.74, 6) is -0.926. The number of ether oxygens (including phenoxy) is 6. The second kappa shape index (κ2) is 9.44. The fourth-order valence-electron chi connectivity index (χ4n) is 3.60. The van der Waals surface area contributed by atoms with Gasteiger partial charge in [0, 0.05) is 0 Å². The van der Waals surface area contributed by atoms with Gasteiger partial charge in [-0.3, -0.25) is 0 Å². The van der Waals surface area contributed by atoms with Crippen molar-refractivity contribution in [2.24, 2.45) is 0 Å². The van der Waals surface area contributed by atoms with E-state index in [1.54, 1.807) is 19.9 Å². The maximum atomic E-state index is 13.0. The van der Waals surface area contributed by atoms with Crippen molar-refractivity contribution in [1.82, 2.24) is 4.90 Å². The van der Waals surface area contributed by atoms with E-state index in [0.29, 0.717) is 13.0 Å². The van der Waals surface area contributed by atoms with Crippen LogP contribution >= 0.6 is 34.8 Å². The number of amides is 2. The minimum atomic E-state index is -1.94. The minimum absolute atomic E-state index is 0.204. The Morgan fingerprint density at radius 1 is 1.31 bits per heavy atom. The number of imide groups is 1. The van der Waals surface area contributed by atoms with E-state index in [1.165, 1.54) is 13.8 Å². The van der Waals surface area contributed by atoms with Crippen LogP contribution in [0.15, 0.2) is 12.7 Å². The second-order valence-electron chi connectivity index (χ2n) is 8.72. The van der Waals surface area contributed by atoms with E-state index in [4.69, 9.17) is 63.2 Å². The Balaban J connectivity index is 1.86. The third-order valence-corrected chi connectivity index (χ3v) is 6.78. The standard InChI is InChI=1S/C20H28Cl3NO8/c1-6-7-8-9-27-15-12-14(13-11(29-15)10-28-19(4,5)31-13)30-16(25)24(12)17(26)32-18(2,3)20(21,22)23/h6,11-15H,1,7-10H2,2-5H3/t11-,12+,13-,14-,15+/m1/s1. The highest BCUT2D eigenvalue weighted by atomic mass is 35.6. The first-order chi connectivity index (χ1) is 14.8. The summed E-state index contributed by atoms with van der Waals surface area (Å²) in [6.45, 7) is 10.5. The molecule has 0 radical (unpaired) electrons. The predicted molar refractivity (Wildman–Crippen MR) is 116 cm³/mol. The molecule has 9 nitrogen and oxygen atoms in total. The van der Waals surface area contributed by atoms with Crippen molar-refractivity contribution in [2.75, 3.05) is 13.2 Å². The molecule has 182 valence electrons. The predicted octanol–water partition coefficient (Wildman–Crippen LogP) is 4.32. The van der Waals surface area contributed by atoms with Crippen LogP contribution in [0.1, 0.15) is 40.5 Å². The molecule has 3 fully saturated rings. The number of carbonyl (C=O) groups is 2. The highest BCUT2D eigenvalue weighted by Gasteiger charge is 2.62. The molecule has 0 spiro atoms. The number of rotatable bonds is 6. The molecule has 0 aromatic heterocycles. The molecule has 0 aromatic rings. The van der Waals surface area contributed by atoms with Gasteiger partial charge in [0.1, 0.15) is 18.2 Å². The van der Waals surface area contributed by atoms with Crippen LogP contribution in [0.5, 0.6) is 0 Å². The lowest BCUT2D eigenvalue weighted by molar-refractivity contribution is -0.365. The molecule has 0 unspecified atom stereocenters. The maximum absolute atomic E-state index is 13.0. The molecule has 2 amide bonds. The van der Waals surface area contributed by atoms with Gasteiger partial charge in [-0.1, -0.05) is 40.9 Å². The van der Waals surface area contributed by atoms with Gasteiger partial charge in [0.2, 0.25) is 3.79 Å². The van der Waals surface area contributed by atoms with Crippen LogP contribution in [0.25, 0.3) is 0 Å². The van der Waals surface area contributed by atoms with E-state index in [2.05, 4.69) is 6.58 Å². The minimum Gasteiger partial charge on any atom is -0.440 e. The smallest absolute Gasteiger partial charge is 0.420 e. The fraction of sp³-hybridized carbons (Fsp3) is 0.800. The van der Waals surface area contributed by atoms with E-state index in [-0.39, 0.29) is 6.61 Å². The molecule has 0 aliphatic carbocycles. The summed E-state index contributed by atoms with van der Waals surface area (Å²) in [5.41, 5.74) is -1.54. The zero-order valence-electron chi connectivity index (χ0n) is 18.3. The van der Waals surface area contributed by atoms with Crippen molar-refractivity contribution < 1.29 is 38.0 Å². The average Bonchev–Trinajstić information content (AvgIpc) is 3.01. The number of halogens is 3. The Morgan fingerprint density at radius 2 is 2.00 bits per heavy atom. The number of hydrogen-bond donors (Lipinski definition) is 0. The summed E-state index contributed by atoms with van der Waals surface area (Å²) in [6, 6.07) is -0.972. The van der Waals surface area contributed by atoms with Crippen LogP contribution in [0.2, 0.25) is 0 Å². The number of nitrogens with zero attached hydrogens (tertiary/aromatic N) is 1. The number of alkyl halides is 3. The van der Waals surface area contributed by atoms with Crippen LogP contribution in [-0.4, -0.2) is 76.1 Å². The lowest BCUT2D eigenvalue weighted by Crippen LogP contribution is -2.66. The lowest BCUT2D eigenvalue weighted by Gasteiger charge is -2.48. The van der Waals surface area contributed by atoms with E-state index in [1.807, 2.05) is 0 Å². The molecule has 3 aliphatic rings. The molecule has 3 saturated heterocycles. The van der Waals surface area contributed by atoms with Crippen molar-refractivity contribution in [1.29, 1.82) is 0 Å². The summed E-state index contributed by atoms with van der Waals surface area (Å²) in [7, 11) is 0. The van der Waals surface area contributed by atoms with Gasteiger partial charge in [-0.05, 0) is 40.5 Å². The molecule has 12 heteroatoms. The molecule has 5 atom stereocenters. The molecule has 0 saturated carbocycles. The summed E-state index contributed by atoms with van der Waals surface area (Å²) in [5, 5.41) is 0. The lowest BCUT2D eigenvalue weighted by atomic mass is 9.95. The van der Waals surface area contributed by atoms with Crippen LogP contribution in [0, 0.1) is 0 Å². The van der Waals surface area contributed by atoms with Crippen molar-refractivity contribution >= 4 is 47.0 Å². The first-order valence-electron chi connectivity index (χ1n) is 10.3. The quantitative estimate of drug-likeness (QED) is 0.293. The maximum Gasteiger partial charge on any atom is 0.420 e. The topological polar surface area (TPSA) is 92.8 Å². The number of allylic oxidation sites excluding steroid dienone is 1. The van der Waals surface area contributed by atoms with Crippen LogP contribution in [0.4, 0.5) is 9.59 Å². The van der Waals surface area contributed by atoms with E-state index >= 15 is 0 Å². The third-order valence-electron chi connectivity index (χ3n) is 5.42. The van der Waals surface area contributed by atoms with Crippen LogP contribution < -0.4 is 0 Å². The van der Waals surface area contributed by atoms with Gasteiger partial charge < -0.3 is 28.4 Å². The van der Waals surface area contributed by atoms with Gasteiger partial charge in [-0.2, -0.15) is 4.90 Å². The monoisotopic (exact) mass is 515 g/mol. The second-order valence-corrected chi connectivity index (χ2v) is 11.0. The SMILES string of the molecule is C=CCCCO[C@H]1O[C@@H]2COC(C)(C)O[C@H]2[C@@H]2OC(=O)N(C(=O)OC(C)(C)C(Cl)(Cl)Cl)[C@H]12. The molecule has 3 aliphatic heterocycles. The Bertz CT molecular complexity index is 741. The zero-order chi connectivity index (χ0) is 23.9. The fourth-order valence-corrected chi connectivity index (χ4v) is 3.72. The van der Waals surface area contributed by atoms with Crippen LogP contribution in [0.3, 0.4) is 0 Å². The highest BCUT2D eigenvalue weighted by molar-refractivity contribution is 6.68. The normalized spacial score (nSPS) is 32.0. The number of carbonyl (C=O) groups excluding carboxylic acids is 2. The third kappa shape index (κ3) is 5.29. The summed E-state index contributed by atoms with van der Waals surface area (Å²) in [4.78, 5) is 26.6. The van der Waals surface area contributed by atoms with Gasteiger partial charge in [0.25, 0.3) is 0 Å². The largest absolute Gasteiger partial charge is 0.440 e. The van der Waals surface area contributed by atoms with Gasteiger partial charge >= 0.3 is 12.2 Å². The van der Waals surface area contributed by atoms with Gasteiger partial charge in [0.05, 0.1) is 13.2 Å². The summed E-state index contributed by atoms with van der Waals surface area (Å²) in [6.07, 6.45) is -1.91. The first-order valence-corrected chi connectivity index (χ1v) is 11.4. The first kappa shape index (κ1) is 25.8. The summed E-state index contributed by atoms with van der Waals surface area (Å²) >= 11 is 17.8. The average molecular weight is 517 g/mol. The molecule has 0 aromatic carbocycles. The molecular weight excluding hydrogens is 489 g/mol. The molecule has 0 bridgehead atoms. The van der Waals surface area contributed by atoms with E-state index < -0.39 is 58.0 Å². The molecule has 0 N–H and O–H groups in total. The van der Waals surface area contributed by atoms with Gasteiger partial charge in [0.15, 0.2) is 23.8 Å². The van der Waals surface area contributed by atoms with Crippen molar-refractivity contribution in [3.8, 4) is 0 Å². The van der Waals surface area contributed by atoms with Crippen molar-refractivity contribution in [3.05, 3.63) is 12.7 Å². The highest BCUT2D eigenvalue weighted by Crippen LogP contribution is 2.43. The van der Waals surface area contributed by atoms with E-state index in [0.717, 1.165) is 11.3 Å². The van der Waals surface area contributed by atoms with Gasteiger partial charge in [-0.15, -0.1) is 6.58 Å². The molecular formula is C20H28Cl3NO8. The number of unbranched alkanes of at least 4 members (excludes halogenated alkanes) is 1. The Morgan fingerprint density at radius 3 is 2.62 bits per heavy atom. The van der Waals surface area contributed by atoms with Crippen molar-refractivity contribution in [3.63, 3.8) is 0 Å². The molecule has 3 heterocycles. The Labute approximate surface area is 202 Å². The molecule has 3 rings (SSSR count). The number of hydrogen-bond acceptors (Lipinski definition) is 8. The Hall–Kier alpha value is -0.810. The molecule has 32 heavy (non-hydrogen) atoms. The van der Waals surface area contributed by atoms with Crippen molar-refractivity contribution in [2.45, 2.75) is 86.4 Å². The zero-order valence-corrected chi connectivity index (χ0v) is 20.6. The Kier molecular flexibility index (Phi) is 7.62.